The summed E-state index contributed by atoms with van der Waals surface area (Å²) in [4.78, 5) is 47.7. The number of carbonyl (C=O) groups is 3. The maximum absolute atomic E-state index is 13.1. The van der Waals surface area contributed by atoms with Crippen molar-refractivity contribution in [1.82, 2.24) is 19.6 Å². The van der Waals surface area contributed by atoms with Crippen molar-refractivity contribution >= 4 is 40.6 Å². The topological polar surface area (TPSA) is 122 Å². The first-order chi connectivity index (χ1) is 16.4. The molecule has 3 heterocycles. The molecule has 10 heteroatoms. The van der Waals surface area contributed by atoms with Crippen LogP contribution in [0.4, 0.5) is 17.1 Å². The molecule has 170 valence electrons. The van der Waals surface area contributed by atoms with Crippen LogP contribution in [0.1, 0.15) is 27.6 Å². The Balaban J connectivity index is 1.27. The van der Waals surface area contributed by atoms with E-state index in [1.54, 1.807) is 47.0 Å². The van der Waals surface area contributed by atoms with E-state index in [9.17, 15) is 14.4 Å². The number of hydrogen-bond donors (Lipinski definition) is 2. The fourth-order valence-electron chi connectivity index (χ4n) is 3.90. The van der Waals surface area contributed by atoms with E-state index in [0.717, 1.165) is 11.4 Å². The van der Waals surface area contributed by atoms with E-state index in [1.807, 2.05) is 26.0 Å². The number of aromatic nitrogens is 4. The summed E-state index contributed by atoms with van der Waals surface area (Å²) >= 11 is 0. The minimum Gasteiger partial charge on any atom is -0.326 e. The number of anilines is 3. The Labute approximate surface area is 194 Å². The summed E-state index contributed by atoms with van der Waals surface area (Å²) in [5.41, 5.74) is 3.89. The summed E-state index contributed by atoms with van der Waals surface area (Å²) in [5.74, 6) is -0.0149. The van der Waals surface area contributed by atoms with E-state index in [4.69, 9.17) is 0 Å². The van der Waals surface area contributed by atoms with Crippen LogP contribution in [0.2, 0.25) is 0 Å². The molecule has 5 rings (SSSR count). The maximum Gasteiger partial charge on any atom is 0.258 e. The lowest BCUT2D eigenvalue weighted by atomic mass is 10.1. The minimum atomic E-state index is -0.299. The number of amides is 3. The van der Waals surface area contributed by atoms with Crippen LogP contribution in [0.15, 0.2) is 54.6 Å². The highest BCUT2D eigenvalue weighted by molar-refractivity contribution is 6.15. The molecule has 0 fully saturated rings. The van der Waals surface area contributed by atoms with Gasteiger partial charge < -0.3 is 10.6 Å². The molecule has 34 heavy (non-hydrogen) atoms. The lowest BCUT2D eigenvalue weighted by Crippen LogP contribution is -2.42. The fraction of sp³-hybridized carbons (Fsp3) is 0.167. The van der Waals surface area contributed by atoms with Crippen molar-refractivity contribution in [2.75, 3.05) is 22.1 Å². The predicted octanol–water partition coefficient (Wildman–Crippen LogP) is 2.52. The molecule has 0 bridgehead atoms. The number of carbonyl (C=O) groups excluding carboxylic acids is 3. The van der Waals surface area contributed by atoms with Gasteiger partial charge in [-0.1, -0.05) is 12.1 Å². The first-order valence-corrected chi connectivity index (χ1v) is 10.7. The second-order valence-electron chi connectivity index (χ2n) is 8.04. The van der Waals surface area contributed by atoms with Crippen molar-refractivity contribution in [3.63, 3.8) is 0 Å². The molecule has 0 unspecified atom stereocenters. The molecule has 10 nitrogen and oxygen atoms in total. The third-order valence-corrected chi connectivity index (χ3v) is 5.41. The van der Waals surface area contributed by atoms with Crippen molar-refractivity contribution in [2.24, 2.45) is 0 Å². The van der Waals surface area contributed by atoms with Crippen LogP contribution in [-0.2, 0) is 16.0 Å². The van der Waals surface area contributed by atoms with Crippen molar-refractivity contribution < 1.29 is 14.4 Å². The number of hydrogen-bond acceptors (Lipinski definition) is 6. The molecule has 0 aliphatic carbocycles. The van der Waals surface area contributed by atoms with Crippen molar-refractivity contribution in [3.8, 4) is 0 Å². The summed E-state index contributed by atoms with van der Waals surface area (Å²) in [7, 11) is 0. The molecule has 4 aromatic rings. The zero-order valence-corrected chi connectivity index (χ0v) is 18.6. The summed E-state index contributed by atoms with van der Waals surface area (Å²) in [5, 5.41) is 9.90. The molecular weight excluding hydrogens is 434 g/mol. The van der Waals surface area contributed by atoms with Crippen LogP contribution in [-0.4, -0.2) is 43.8 Å². The summed E-state index contributed by atoms with van der Waals surface area (Å²) < 4.78 is 1.61. The number of benzene rings is 2. The van der Waals surface area contributed by atoms with E-state index >= 15 is 0 Å². The minimum absolute atomic E-state index is 0.0117. The van der Waals surface area contributed by atoms with E-state index in [-0.39, 0.29) is 30.7 Å². The number of aryl methyl sites for hydroxylation is 2. The van der Waals surface area contributed by atoms with E-state index < -0.39 is 0 Å². The van der Waals surface area contributed by atoms with Gasteiger partial charge in [-0.25, -0.2) is 9.50 Å². The zero-order valence-electron chi connectivity index (χ0n) is 18.6. The Morgan fingerprint density at radius 3 is 2.62 bits per heavy atom. The van der Waals surface area contributed by atoms with E-state index in [1.165, 1.54) is 4.90 Å². The average Bonchev–Trinajstić information content (AvgIpc) is 3.21. The van der Waals surface area contributed by atoms with Crippen LogP contribution in [0, 0.1) is 13.8 Å². The van der Waals surface area contributed by atoms with Crippen molar-refractivity contribution in [3.05, 3.63) is 77.4 Å². The van der Waals surface area contributed by atoms with Gasteiger partial charge >= 0.3 is 0 Å². The van der Waals surface area contributed by atoms with Gasteiger partial charge in [0.1, 0.15) is 6.54 Å². The van der Waals surface area contributed by atoms with Gasteiger partial charge in [-0.2, -0.15) is 4.98 Å². The van der Waals surface area contributed by atoms with Crippen LogP contribution in [0.25, 0.3) is 5.78 Å². The third kappa shape index (κ3) is 4.08. The van der Waals surface area contributed by atoms with Gasteiger partial charge in [0.2, 0.25) is 11.8 Å². The molecule has 2 aromatic heterocycles. The van der Waals surface area contributed by atoms with E-state index in [2.05, 4.69) is 25.7 Å². The summed E-state index contributed by atoms with van der Waals surface area (Å²) in [6.45, 7) is 3.72. The lowest BCUT2D eigenvalue weighted by Gasteiger charge is -2.29. The van der Waals surface area contributed by atoms with Crippen molar-refractivity contribution in [2.45, 2.75) is 20.3 Å². The van der Waals surface area contributed by atoms with Gasteiger partial charge in [0.15, 0.2) is 5.82 Å². The molecular formula is C24H21N7O3. The summed E-state index contributed by atoms with van der Waals surface area (Å²) in [6, 6.07) is 15.6. The Morgan fingerprint density at radius 1 is 1.06 bits per heavy atom. The van der Waals surface area contributed by atoms with Gasteiger partial charge in [0.25, 0.3) is 11.7 Å². The molecule has 1 aliphatic rings. The molecule has 2 aromatic carbocycles. The number of para-hydroxylation sites is 2. The highest BCUT2D eigenvalue weighted by Gasteiger charge is 2.27. The second-order valence-corrected chi connectivity index (χ2v) is 8.04. The summed E-state index contributed by atoms with van der Waals surface area (Å²) in [6.07, 6.45) is -0.0117. The van der Waals surface area contributed by atoms with Crippen LogP contribution in [0.5, 0.6) is 0 Å². The fourth-order valence-corrected chi connectivity index (χ4v) is 3.90. The third-order valence-electron chi connectivity index (χ3n) is 5.41. The number of rotatable bonds is 4. The van der Waals surface area contributed by atoms with Crippen LogP contribution in [0.3, 0.4) is 0 Å². The smallest absolute Gasteiger partial charge is 0.258 e. The zero-order chi connectivity index (χ0) is 23.8. The van der Waals surface area contributed by atoms with Gasteiger partial charge in [0.05, 0.1) is 17.8 Å². The normalized spacial score (nSPS) is 12.9. The Bertz CT molecular complexity index is 1440. The highest BCUT2D eigenvalue weighted by Crippen LogP contribution is 2.30. The second kappa shape index (κ2) is 8.39. The molecule has 2 N–H and O–H groups in total. The Hall–Kier alpha value is -4.60. The lowest BCUT2D eigenvalue weighted by molar-refractivity contribution is -0.116. The number of nitrogens with one attached hydrogen (secondary N) is 2. The largest absolute Gasteiger partial charge is 0.326 e. The molecule has 0 spiro atoms. The standard InChI is InChI=1S/C24H21N7O3/c1-14-11-15(2)31-24(25-14)28-20(29-31)12-21(32)26-17-9-7-16(8-10-17)23(34)30-13-22(33)27-18-5-3-4-6-19(18)30/h3-11H,12-13H2,1-2H3,(H,26,32)(H,27,33). The van der Waals surface area contributed by atoms with Gasteiger partial charge in [0, 0.05) is 22.6 Å². The average molecular weight is 455 g/mol. The SMILES string of the molecule is Cc1cc(C)n2nc(CC(=O)Nc3ccc(C(=O)N4CC(=O)Nc5ccccc54)cc3)nc2n1. The monoisotopic (exact) mass is 455 g/mol. The predicted molar refractivity (Wildman–Crippen MR) is 126 cm³/mol. The molecule has 0 radical (unpaired) electrons. The molecule has 0 saturated heterocycles. The first kappa shape index (κ1) is 21.3. The molecule has 1 aliphatic heterocycles. The van der Waals surface area contributed by atoms with Gasteiger partial charge in [-0.05, 0) is 56.3 Å². The van der Waals surface area contributed by atoms with Crippen molar-refractivity contribution in [1.29, 1.82) is 0 Å². The molecule has 0 saturated carbocycles. The molecule has 3 amide bonds. The number of fused-ring (bicyclic) bond motifs is 2. The molecule has 0 atom stereocenters. The van der Waals surface area contributed by atoms with E-state index in [0.29, 0.717) is 34.2 Å². The number of nitrogens with zero attached hydrogens (tertiary/aromatic N) is 5. The highest BCUT2D eigenvalue weighted by atomic mass is 16.2. The van der Waals surface area contributed by atoms with Crippen LogP contribution >= 0.6 is 0 Å². The maximum atomic E-state index is 13.1. The first-order valence-electron chi connectivity index (χ1n) is 10.7. The van der Waals surface area contributed by atoms with Gasteiger partial charge in [-0.15, -0.1) is 5.10 Å². The van der Waals surface area contributed by atoms with Gasteiger partial charge in [-0.3, -0.25) is 19.3 Å². The Kier molecular flexibility index (Phi) is 5.25. The quantitative estimate of drug-likeness (QED) is 0.488. The van der Waals surface area contributed by atoms with Crippen LogP contribution < -0.4 is 15.5 Å². The Morgan fingerprint density at radius 2 is 1.82 bits per heavy atom.